The molecule has 4 rings (SSSR count). The molecular weight excluding hydrogens is 1250 g/mol. The van der Waals surface area contributed by atoms with E-state index >= 15 is 0 Å². The van der Waals surface area contributed by atoms with E-state index in [1.54, 1.807) is 66.8 Å². The minimum Gasteiger partial charge on any atom is -0.379 e. The van der Waals surface area contributed by atoms with Crippen molar-refractivity contribution >= 4 is 70.8 Å². The van der Waals surface area contributed by atoms with Crippen molar-refractivity contribution in [3.63, 3.8) is 0 Å². The largest absolute Gasteiger partial charge is 0.379 e. The number of likely N-dealkylation sites (N-methyl/N-ethyl adjacent to an activating group) is 2. The van der Waals surface area contributed by atoms with Crippen LogP contribution in [0.1, 0.15) is 158 Å². The Bertz CT molecular complexity index is 2930. The van der Waals surface area contributed by atoms with Crippen molar-refractivity contribution < 1.29 is 62.2 Å². The maximum absolute atomic E-state index is 14.6. The van der Waals surface area contributed by atoms with Crippen LogP contribution in [0.25, 0.3) is 0 Å². The fourth-order valence-electron chi connectivity index (χ4n) is 13.4. The van der Waals surface area contributed by atoms with Gasteiger partial charge in [0.05, 0.1) is 42.7 Å². The number of nitrogens with two attached hydrogens (primary N) is 1. The molecule has 12 amide bonds. The molecule has 2 aliphatic heterocycles. The Balaban J connectivity index is 1.43. The fraction of sp³-hybridized carbons (Fsp3) is 0.681. The topological polar surface area (TPSA) is 341 Å². The van der Waals surface area contributed by atoms with Crippen LogP contribution in [-0.4, -0.2) is 207 Å². The number of urea groups is 1. The van der Waals surface area contributed by atoms with Gasteiger partial charge in [0.25, 0.3) is 0 Å². The Kier molecular flexibility index (Phi) is 34.6. The van der Waals surface area contributed by atoms with Gasteiger partial charge in [-0.3, -0.25) is 52.8 Å². The number of amides is 12. The fourth-order valence-corrected chi connectivity index (χ4v) is 13.4. The summed E-state index contributed by atoms with van der Waals surface area (Å²) in [4.78, 5) is 157. The van der Waals surface area contributed by atoms with Crippen molar-refractivity contribution in [1.82, 2.24) is 56.8 Å². The van der Waals surface area contributed by atoms with E-state index in [1.165, 1.54) is 14.2 Å². The lowest BCUT2D eigenvalue weighted by Gasteiger charge is -2.41. The van der Waals surface area contributed by atoms with Gasteiger partial charge in [-0.2, -0.15) is 0 Å². The minimum atomic E-state index is -1.13. The molecule has 0 aliphatic carbocycles. The van der Waals surface area contributed by atoms with E-state index in [2.05, 4.69) is 42.5 Å². The first-order valence-corrected chi connectivity index (χ1v) is 35.2. The number of nitrogens with one attached hydrogen (secondary N) is 8. The maximum atomic E-state index is 14.6. The van der Waals surface area contributed by atoms with Crippen LogP contribution in [0.2, 0.25) is 0 Å². The zero-order chi connectivity index (χ0) is 73.1. The number of carbonyl (C=O) groups excluding carboxylic acids is 11. The molecule has 0 saturated carbocycles. The highest BCUT2D eigenvalue weighted by molar-refractivity contribution is 5.99. The number of methoxy groups -OCH3 is 2. The second-order valence-corrected chi connectivity index (χ2v) is 27.9. The highest BCUT2D eigenvalue weighted by Gasteiger charge is 2.44. The van der Waals surface area contributed by atoms with E-state index in [0.29, 0.717) is 63.0 Å². The van der Waals surface area contributed by atoms with Gasteiger partial charge in [-0.25, -0.2) is 4.79 Å². The lowest BCUT2D eigenvalue weighted by molar-refractivity contribution is -0.148. The number of ether oxygens (including phenoxy) is 2. The number of anilines is 1. The Morgan fingerprint density at radius 3 is 1.87 bits per heavy atom. The molecule has 98 heavy (non-hydrogen) atoms. The SMILES string of the molecule is CCCNC(=O)[C@@H]1CCN(C(=O)CCC(=O)N[C@H](C(=O)N[C@@H](CCCNC(N)=O)C(=O)Nc2ccc(CNC(=O)[C@H](Cc3ccccc3)NC(=O)[C@H](C)[C@@H](OC)[C@@H]3CCCN3C(=O)C[C@@H](OC)[C@H]([C@@H](C)CC)N(C)C(=O)[C@@H](NC(=O)[C@H](C(C)C)N(C)C)C(C)C)cc2)C(C)C)[C@H](C)C1. The van der Waals surface area contributed by atoms with Gasteiger partial charge in [-0.05, 0) is 113 Å². The molecule has 548 valence electrons. The number of rotatable bonds is 39. The predicted molar refractivity (Wildman–Crippen MR) is 376 cm³/mol. The van der Waals surface area contributed by atoms with Crippen LogP contribution >= 0.6 is 0 Å². The molecule has 0 aromatic heterocycles. The number of likely N-dealkylation sites (tertiary alicyclic amines) is 2. The zero-order valence-electron chi connectivity index (χ0n) is 61.1. The van der Waals surface area contributed by atoms with Crippen molar-refractivity contribution in [2.24, 2.45) is 41.2 Å². The Morgan fingerprint density at radius 2 is 1.30 bits per heavy atom. The summed E-state index contributed by atoms with van der Waals surface area (Å²) < 4.78 is 12.2. The first kappa shape index (κ1) is 82.7. The first-order chi connectivity index (χ1) is 46.4. The van der Waals surface area contributed by atoms with Gasteiger partial charge in [0.2, 0.25) is 59.1 Å². The average Bonchev–Trinajstić information content (AvgIpc) is 1.42. The summed E-state index contributed by atoms with van der Waals surface area (Å²) in [5.41, 5.74) is 7.09. The molecule has 2 aliphatic rings. The highest BCUT2D eigenvalue weighted by atomic mass is 16.5. The molecule has 2 saturated heterocycles. The van der Waals surface area contributed by atoms with E-state index in [4.69, 9.17) is 15.2 Å². The van der Waals surface area contributed by atoms with Crippen LogP contribution in [0.4, 0.5) is 10.5 Å². The first-order valence-electron chi connectivity index (χ1n) is 35.2. The molecule has 0 bridgehead atoms. The molecule has 26 nitrogen and oxygen atoms in total. The van der Waals surface area contributed by atoms with E-state index < -0.39 is 102 Å². The number of hydrogen-bond donors (Lipinski definition) is 9. The minimum absolute atomic E-state index is 0.00670. The molecule has 2 fully saturated rings. The second-order valence-electron chi connectivity index (χ2n) is 27.9. The van der Waals surface area contributed by atoms with Crippen LogP contribution in [0.15, 0.2) is 54.6 Å². The van der Waals surface area contributed by atoms with E-state index in [-0.39, 0.29) is 111 Å². The van der Waals surface area contributed by atoms with Gasteiger partial charge in [-0.1, -0.05) is 118 Å². The summed E-state index contributed by atoms with van der Waals surface area (Å²) >= 11 is 0. The Labute approximate surface area is 581 Å². The standard InChI is InChI=1S/C72H117N13O13/c1-17-35-74-66(90)51-34-38-84(47(10)39-51)58(87)33-32-57(86)80-60(43(3)4)69(93)78-53(26-22-36-75-72(73)96)68(92)77-52-30-28-50(29-31-52)42-76-67(91)54(40-49-24-20-19-21-25-49)79-65(89)48(11)64(98-16)55-27-23-37-85(55)59(88)41-56(97-15)63(46(9)18-2)83(14)71(95)61(44(5)6)81-70(94)62(45(7)8)82(12)13/h19-21,24-25,28-31,43-48,51,53-56,60-64H,17-18,22-23,26-27,32-42H2,1-16H3,(H,74,90)(H,76,91)(H,77,92)(H,78,93)(H,79,89)(H,80,86)(H,81,94)(H3,73,75,96)/t46-,47+,48+,51+,53-,54-,55-,56+,60-,61-,62-,63-,64+/m0/s1. The summed E-state index contributed by atoms with van der Waals surface area (Å²) in [5, 5.41) is 22.8. The van der Waals surface area contributed by atoms with Crippen LogP contribution in [0.5, 0.6) is 0 Å². The van der Waals surface area contributed by atoms with Crippen molar-refractivity contribution in [1.29, 1.82) is 0 Å². The molecule has 10 N–H and O–H groups in total. The van der Waals surface area contributed by atoms with Crippen LogP contribution in [0.3, 0.4) is 0 Å². The molecule has 26 heteroatoms. The van der Waals surface area contributed by atoms with Crippen molar-refractivity contribution in [2.45, 2.75) is 220 Å². The van der Waals surface area contributed by atoms with Gasteiger partial charge in [0, 0.05) is 90.9 Å². The summed E-state index contributed by atoms with van der Waals surface area (Å²) in [6.45, 7) is 22.3. The molecular formula is C72H117N13O13. The molecule has 13 atom stereocenters. The van der Waals surface area contributed by atoms with Crippen molar-refractivity contribution in [2.75, 3.05) is 66.9 Å². The Hall–Kier alpha value is -7.71. The zero-order valence-corrected chi connectivity index (χ0v) is 61.1. The third-order valence-corrected chi connectivity index (χ3v) is 19.1. The number of nitrogens with zero attached hydrogens (tertiary/aromatic N) is 4. The van der Waals surface area contributed by atoms with Crippen molar-refractivity contribution in [3.05, 3.63) is 65.7 Å². The quantitative estimate of drug-likeness (QED) is 0.0413. The number of hydrogen-bond acceptors (Lipinski definition) is 14. The monoisotopic (exact) mass is 1370 g/mol. The number of benzene rings is 2. The predicted octanol–water partition coefficient (Wildman–Crippen LogP) is 4.62. The van der Waals surface area contributed by atoms with Crippen LogP contribution in [0, 0.1) is 35.5 Å². The van der Waals surface area contributed by atoms with Gasteiger partial charge in [0.1, 0.15) is 24.2 Å². The van der Waals surface area contributed by atoms with Gasteiger partial charge in [-0.15, -0.1) is 0 Å². The Morgan fingerprint density at radius 1 is 0.643 bits per heavy atom. The molecule has 2 aromatic carbocycles. The van der Waals surface area contributed by atoms with Gasteiger partial charge < -0.3 is 72.4 Å². The van der Waals surface area contributed by atoms with Gasteiger partial charge >= 0.3 is 6.03 Å². The van der Waals surface area contributed by atoms with Crippen LogP contribution in [-0.2, 0) is 70.4 Å². The molecule has 0 spiro atoms. The molecule has 0 unspecified atom stereocenters. The van der Waals surface area contributed by atoms with Crippen LogP contribution < -0.4 is 48.3 Å². The van der Waals surface area contributed by atoms with E-state index in [9.17, 15) is 52.7 Å². The lowest BCUT2D eigenvalue weighted by Crippen LogP contribution is -2.59. The average molecular weight is 1370 g/mol. The lowest BCUT2D eigenvalue weighted by atomic mass is 9.89. The number of carbonyl (C=O) groups is 11. The number of piperidine rings is 1. The molecule has 2 heterocycles. The summed E-state index contributed by atoms with van der Waals surface area (Å²) in [5.74, 6) is -5.47. The summed E-state index contributed by atoms with van der Waals surface area (Å²) in [6, 6.07) is 9.39. The van der Waals surface area contributed by atoms with E-state index in [1.807, 2.05) is 105 Å². The molecule has 0 radical (unpaired) electrons. The maximum Gasteiger partial charge on any atom is 0.312 e. The van der Waals surface area contributed by atoms with Gasteiger partial charge in [0.15, 0.2) is 0 Å². The summed E-state index contributed by atoms with van der Waals surface area (Å²) in [7, 11) is 8.40. The molecule has 2 aromatic rings. The van der Waals surface area contributed by atoms with Crippen molar-refractivity contribution in [3.8, 4) is 0 Å². The highest BCUT2D eigenvalue weighted by Crippen LogP contribution is 2.31. The smallest absolute Gasteiger partial charge is 0.312 e. The number of primary amides is 1. The second kappa shape index (κ2) is 41.0. The van der Waals surface area contributed by atoms with E-state index in [0.717, 1.165) is 12.0 Å². The summed E-state index contributed by atoms with van der Waals surface area (Å²) in [6.07, 6.45) is 2.37. The third kappa shape index (κ3) is 24.9. The normalized spacial score (nSPS) is 18.6. The third-order valence-electron chi connectivity index (χ3n) is 19.1.